The predicted octanol–water partition coefficient (Wildman–Crippen LogP) is 2.01. The van der Waals surface area contributed by atoms with Crippen LogP contribution in [0, 0.1) is 0 Å². The zero-order valence-corrected chi connectivity index (χ0v) is 16.4. The van der Waals surface area contributed by atoms with Crippen LogP contribution in [0.4, 0.5) is 23.3 Å². The number of carbonyl (C=O) groups excluding carboxylic acids is 1. The van der Waals surface area contributed by atoms with E-state index in [-0.39, 0.29) is 5.91 Å². The lowest BCUT2D eigenvalue weighted by Gasteiger charge is -2.27. The zero-order chi connectivity index (χ0) is 20.1. The van der Waals surface area contributed by atoms with E-state index in [9.17, 15) is 4.79 Å². The van der Waals surface area contributed by atoms with E-state index in [0.717, 1.165) is 49.2 Å². The predicted molar refractivity (Wildman–Crippen MR) is 111 cm³/mol. The highest BCUT2D eigenvalue weighted by Gasteiger charge is 2.27. The number of nitrogens with two attached hydrogens (primary N) is 1. The molecule has 9 heteroatoms. The molecule has 29 heavy (non-hydrogen) atoms. The summed E-state index contributed by atoms with van der Waals surface area (Å²) in [4.78, 5) is 26.8. The summed E-state index contributed by atoms with van der Waals surface area (Å²) in [7, 11) is 0. The largest absolute Gasteiger partial charge is 0.378 e. The van der Waals surface area contributed by atoms with Crippen molar-refractivity contribution in [3.05, 3.63) is 30.1 Å². The van der Waals surface area contributed by atoms with Gasteiger partial charge in [-0.05, 0) is 37.3 Å². The first-order valence-corrected chi connectivity index (χ1v) is 10.1. The van der Waals surface area contributed by atoms with Gasteiger partial charge in [0.2, 0.25) is 11.9 Å². The molecule has 0 spiro atoms. The van der Waals surface area contributed by atoms with Gasteiger partial charge in [-0.2, -0.15) is 4.98 Å². The molecule has 1 aliphatic heterocycles. The third-order valence-electron chi connectivity index (χ3n) is 5.07. The number of aromatic nitrogens is 3. The monoisotopic (exact) mass is 397 g/mol. The second-order valence-electron chi connectivity index (χ2n) is 7.40. The molecule has 1 saturated carbocycles. The van der Waals surface area contributed by atoms with Crippen molar-refractivity contribution in [1.29, 1.82) is 0 Å². The molecule has 1 aliphatic carbocycles. The molecule has 2 aromatic rings. The van der Waals surface area contributed by atoms with E-state index < -0.39 is 0 Å². The van der Waals surface area contributed by atoms with Crippen LogP contribution in [0.1, 0.15) is 37.2 Å². The number of hydrogen-bond acceptors (Lipinski definition) is 8. The SMILES string of the molecule is NC(=O)CCCNc1nc(Nc2ccc(N3CCOCC3)nc2)ncc1C1CC1. The van der Waals surface area contributed by atoms with Gasteiger partial charge in [-0.15, -0.1) is 0 Å². The number of carbonyl (C=O) groups is 1. The minimum atomic E-state index is -0.285. The number of anilines is 4. The van der Waals surface area contributed by atoms with Crippen LogP contribution in [0.25, 0.3) is 0 Å². The smallest absolute Gasteiger partial charge is 0.229 e. The molecule has 1 amide bonds. The van der Waals surface area contributed by atoms with Gasteiger partial charge in [0, 0.05) is 37.8 Å². The van der Waals surface area contributed by atoms with E-state index >= 15 is 0 Å². The van der Waals surface area contributed by atoms with Gasteiger partial charge in [-0.3, -0.25) is 4.79 Å². The topological polar surface area (TPSA) is 118 Å². The molecule has 1 saturated heterocycles. The Morgan fingerprint density at radius 2 is 2.03 bits per heavy atom. The van der Waals surface area contributed by atoms with Crippen LogP contribution in [0.5, 0.6) is 0 Å². The second kappa shape index (κ2) is 9.04. The second-order valence-corrected chi connectivity index (χ2v) is 7.40. The Kier molecular flexibility index (Phi) is 6.04. The van der Waals surface area contributed by atoms with Crippen LogP contribution in [0.3, 0.4) is 0 Å². The molecule has 0 bridgehead atoms. The number of nitrogens with one attached hydrogen (secondary N) is 2. The van der Waals surface area contributed by atoms with Crippen LogP contribution >= 0.6 is 0 Å². The van der Waals surface area contributed by atoms with Gasteiger partial charge < -0.3 is 26.0 Å². The van der Waals surface area contributed by atoms with Crippen LogP contribution in [0.15, 0.2) is 24.5 Å². The summed E-state index contributed by atoms with van der Waals surface area (Å²) in [5.74, 6) is 2.53. The molecule has 2 fully saturated rings. The summed E-state index contributed by atoms with van der Waals surface area (Å²) in [6, 6.07) is 3.98. The van der Waals surface area contributed by atoms with Crippen LogP contribution < -0.4 is 21.3 Å². The summed E-state index contributed by atoms with van der Waals surface area (Å²) >= 11 is 0. The maximum absolute atomic E-state index is 10.9. The quantitative estimate of drug-likeness (QED) is 0.550. The van der Waals surface area contributed by atoms with Crippen molar-refractivity contribution in [2.45, 2.75) is 31.6 Å². The first-order chi connectivity index (χ1) is 14.2. The number of hydrogen-bond donors (Lipinski definition) is 3. The third kappa shape index (κ3) is 5.32. The van der Waals surface area contributed by atoms with Gasteiger partial charge >= 0.3 is 0 Å². The summed E-state index contributed by atoms with van der Waals surface area (Å²) in [6.45, 7) is 3.83. The molecule has 3 heterocycles. The van der Waals surface area contributed by atoms with Crippen molar-refractivity contribution in [2.24, 2.45) is 5.73 Å². The number of rotatable bonds is 9. The molecule has 0 atom stereocenters. The molecule has 0 unspecified atom stereocenters. The number of pyridine rings is 1. The highest BCUT2D eigenvalue weighted by molar-refractivity contribution is 5.73. The fourth-order valence-electron chi connectivity index (χ4n) is 3.32. The van der Waals surface area contributed by atoms with Gasteiger partial charge in [0.05, 0.1) is 25.1 Å². The summed E-state index contributed by atoms with van der Waals surface area (Å²) in [6.07, 6.45) is 7.06. The Hall–Kier alpha value is -2.94. The van der Waals surface area contributed by atoms with Gasteiger partial charge in [0.1, 0.15) is 11.6 Å². The maximum atomic E-state index is 10.9. The molecule has 9 nitrogen and oxygen atoms in total. The van der Waals surface area contributed by atoms with Crippen molar-refractivity contribution in [3.8, 4) is 0 Å². The lowest BCUT2D eigenvalue weighted by atomic mass is 10.2. The van der Waals surface area contributed by atoms with E-state index in [0.29, 0.717) is 31.3 Å². The van der Waals surface area contributed by atoms with Crippen molar-refractivity contribution < 1.29 is 9.53 Å². The first kappa shape index (κ1) is 19.4. The Morgan fingerprint density at radius 3 is 2.72 bits per heavy atom. The molecule has 0 aromatic carbocycles. The lowest BCUT2D eigenvalue weighted by molar-refractivity contribution is -0.118. The highest BCUT2D eigenvalue weighted by atomic mass is 16.5. The summed E-state index contributed by atoms with van der Waals surface area (Å²) in [5.41, 5.74) is 7.18. The zero-order valence-electron chi connectivity index (χ0n) is 16.4. The normalized spacial score (nSPS) is 16.5. The first-order valence-electron chi connectivity index (χ1n) is 10.1. The molecule has 0 radical (unpaired) electrons. The van der Waals surface area contributed by atoms with Gasteiger partial charge in [-0.1, -0.05) is 0 Å². The van der Waals surface area contributed by atoms with E-state index in [2.05, 4.69) is 30.5 Å². The fourth-order valence-corrected chi connectivity index (χ4v) is 3.32. The van der Waals surface area contributed by atoms with Gasteiger partial charge in [-0.25, -0.2) is 9.97 Å². The Morgan fingerprint density at radius 1 is 1.21 bits per heavy atom. The molecule has 4 N–H and O–H groups in total. The minimum Gasteiger partial charge on any atom is -0.378 e. The minimum absolute atomic E-state index is 0.285. The number of primary amides is 1. The summed E-state index contributed by atoms with van der Waals surface area (Å²) < 4.78 is 5.39. The fraction of sp³-hybridized carbons (Fsp3) is 0.500. The average Bonchev–Trinajstić information content (AvgIpc) is 3.58. The van der Waals surface area contributed by atoms with E-state index in [1.165, 1.54) is 12.8 Å². The van der Waals surface area contributed by atoms with Crippen molar-refractivity contribution in [3.63, 3.8) is 0 Å². The molecule has 154 valence electrons. The van der Waals surface area contributed by atoms with Crippen LogP contribution in [0.2, 0.25) is 0 Å². The number of morpholine rings is 1. The number of amides is 1. The molecular formula is C20H27N7O2. The van der Waals surface area contributed by atoms with Crippen molar-refractivity contribution in [1.82, 2.24) is 15.0 Å². The molecule has 2 aliphatic rings. The third-order valence-corrected chi connectivity index (χ3v) is 5.07. The Bertz CT molecular complexity index is 833. The van der Waals surface area contributed by atoms with Gasteiger partial charge in [0.25, 0.3) is 0 Å². The summed E-state index contributed by atoms with van der Waals surface area (Å²) in [5, 5.41) is 6.56. The molecular weight excluding hydrogens is 370 g/mol. The average molecular weight is 397 g/mol. The van der Waals surface area contributed by atoms with Crippen LogP contribution in [-0.2, 0) is 9.53 Å². The van der Waals surface area contributed by atoms with Crippen LogP contribution in [-0.4, -0.2) is 53.7 Å². The highest BCUT2D eigenvalue weighted by Crippen LogP contribution is 2.42. The Labute approximate surface area is 170 Å². The maximum Gasteiger partial charge on any atom is 0.229 e. The number of ether oxygens (including phenoxy) is 1. The molecule has 4 rings (SSSR count). The van der Waals surface area contributed by atoms with E-state index in [4.69, 9.17) is 10.5 Å². The lowest BCUT2D eigenvalue weighted by Crippen LogP contribution is -2.36. The standard InChI is InChI=1S/C20H27N7O2/c21-17(28)2-1-7-22-19-16(14-3-4-14)13-24-20(26-19)25-15-5-6-18(23-12-15)27-8-10-29-11-9-27/h5-6,12-14H,1-4,7-11H2,(H2,21,28)(H2,22,24,25,26). The van der Waals surface area contributed by atoms with Gasteiger partial charge in [0.15, 0.2) is 0 Å². The van der Waals surface area contributed by atoms with Crippen molar-refractivity contribution in [2.75, 3.05) is 48.4 Å². The Balaban J connectivity index is 1.41. The number of nitrogens with zero attached hydrogens (tertiary/aromatic N) is 4. The van der Waals surface area contributed by atoms with E-state index in [1.54, 1.807) is 6.20 Å². The van der Waals surface area contributed by atoms with Crippen molar-refractivity contribution >= 4 is 29.2 Å². The molecule has 2 aromatic heterocycles. The van der Waals surface area contributed by atoms with E-state index in [1.807, 2.05) is 18.3 Å².